The molecule has 9 nitrogen and oxygen atoms in total. The second-order valence-corrected chi connectivity index (χ2v) is 11.4. The van der Waals surface area contributed by atoms with Crippen LogP contribution in [0.15, 0.2) is 41.5 Å². The van der Waals surface area contributed by atoms with Crippen molar-refractivity contribution in [2.75, 3.05) is 58.3 Å². The first kappa shape index (κ1) is 27.7. The standard InChI is InChI=1S/C28H33Cl2N5O4/c1-32(2)11-12-33-10-7-18(15-33)35-16-21(28(37)38)26(36)20-13-23(30)25(14-24(20)35)34-9-4-5-19(34)17-39-27-22(29)6-3-8-31-27/h3,6,8,13-14,16,18-19H,4-5,7,9-12,15,17H2,1-2H3,(H,37,38)/t18?,19-/m1/s1. The van der Waals surface area contributed by atoms with Gasteiger partial charge in [0.15, 0.2) is 0 Å². The van der Waals surface area contributed by atoms with E-state index in [1.165, 1.54) is 6.20 Å². The predicted octanol–water partition coefficient (Wildman–Crippen LogP) is 4.26. The van der Waals surface area contributed by atoms with E-state index in [0.717, 1.165) is 57.7 Å². The number of halogens is 2. The summed E-state index contributed by atoms with van der Waals surface area (Å²) >= 11 is 13.0. The van der Waals surface area contributed by atoms with Crippen LogP contribution in [0, 0.1) is 0 Å². The van der Waals surface area contributed by atoms with Crippen molar-refractivity contribution in [2.24, 2.45) is 0 Å². The number of carboxylic acids is 1. The first-order valence-corrected chi connectivity index (χ1v) is 14.0. The highest BCUT2D eigenvalue weighted by Crippen LogP contribution is 2.37. The molecule has 1 N–H and O–H groups in total. The Labute approximate surface area is 237 Å². The van der Waals surface area contributed by atoms with Crippen LogP contribution in [0.2, 0.25) is 10.0 Å². The Morgan fingerprint density at radius 3 is 2.77 bits per heavy atom. The SMILES string of the molecule is CN(C)CCN1CCC(n2cc(C(=O)O)c(=O)c3cc(Cl)c(N4CCC[C@@H]4COc4ncccc4Cl)cc32)C1. The molecule has 5 rings (SSSR count). The van der Waals surface area contributed by atoms with Crippen LogP contribution < -0.4 is 15.1 Å². The summed E-state index contributed by atoms with van der Waals surface area (Å²) in [4.78, 5) is 36.1. The largest absolute Gasteiger partial charge is 0.477 e. The third-order valence-electron chi connectivity index (χ3n) is 7.66. The van der Waals surface area contributed by atoms with E-state index in [9.17, 15) is 14.7 Å². The zero-order valence-electron chi connectivity index (χ0n) is 22.1. The summed E-state index contributed by atoms with van der Waals surface area (Å²) in [7, 11) is 4.10. The molecule has 0 saturated carbocycles. The maximum atomic E-state index is 13.2. The lowest BCUT2D eigenvalue weighted by atomic mass is 10.1. The Morgan fingerprint density at radius 2 is 2.03 bits per heavy atom. The van der Waals surface area contributed by atoms with Crippen LogP contribution in [-0.2, 0) is 0 Å². The number of hydrogen-bond donors (Lipinski definition) is 1. The second kappa shape index (κ2) is 11.7. The number of pyridine rings is 2. The minimum Gasteiger partial charge on any atom is -0.477 e. The lowest BCUT2D eigenvalue weighted by Crippen LogP contribution is -2.34. The van der Waals surface area contributed by atoms with Crippen LogP contribution in [0.3, 0.4) is 0 Å². The van der Waals surface area contributed by atoms with Gasteiger partial charge in [0.25, 0.3) is 0 Å². The number of hydrogen-bond acceptors (Lipinski definition) is 7. The van der Waals surface area contributed by atoms with Crippen molar-refractivity contribution in [1.29, 1.82) is 0 Å². The summed E-state index contributed by atoms with van der Waals surface area (Å²) in [5, 5.41) is 11.0. The van der Waals surface area contributed by atoms with Crippen LogP contribution >= 0.6 is 23.2 Å². The maximum absolute atomic E-state index is 13.2. The summed E-state index contributed by atoms with van der Waals surface area (Å²) < 4.78 is 7.94. The normalized spacial score (nSPS) is 19.9. The van der Waals surface area contributed by atoms with Crippen molar-refractivity contribution < 1.29 is 14.6 Å². The molecular weight excluding hydrogens is 541 g/mol. The molecule has 0 amide bonds. The number of likely N-dealkylation sites (N-methyl/N-ethyl adjacent to an activating group) is 1. The minimum atomic E-state index is -1.23. The molecule has 1 aromatic carbocycles. The number of benzene rings is 1. The molecule has 0 bridgehead atoms. The molecule has 2 aromatic heterocycles. The van der Waals surface area contributed by atoms with Gasteiger partial charge in [-0.05, 0) is 57.6 Å². The number of likely N-dealkylation sites (tertiary alicyclic amines) is 1. The molecule has 2 aliphatic heterocycles. The van der Waals surface area contributed by atoms with Crippen molar-refractivity contribution in [2.45, 2.75) is 31.3 Å². The molecule has 0 aliphatic carbocycles. The van der Waals surface area contributed by atoms with Crippen molar-refractivity contribution in [3.05, 3.63) is 62.5 Å². The van der Waals surface area contributed by atoms with Gasteiger partial charge in [-0.3, -0.25) is 9.69 Å². The highest BCUT2D eigenvalue weighted by Gasteiger charge is 2.30. The molecule has 2 saturated heterocycles. The van der Waals surface area contributed by atoms with Gasteiger partial charge in [0, 0.05) is 56.5 Å². The smallest absolute Gasteiger partial charge is 0.341 e. The number of carboxylic acid groups (broad SMARTS) is 1. The second-order valence-electron chi connectivity index (χ2n) is 10.5. The number of rotatable bonds is 9. The summed E-state index contributed by atoms with van der Waals surface area (Å²) in [6.45, 7) is 4.75. The Kier molecular flexibility index (Phi) is 8.32. The molecule has 2 fully saturated rings. The van der Waals surface area contributed by atoms with Crippen LogP contribution in [0.4, 0.5) is 5.69 Å². The molecule has 1 unspecified atom stereocenters. The fourth-order valence-corrected chi connectivity index (χ4v) is 6.04. The van der Waals surface area contributed by atoms with Gasteiger partial charge in [0.05, 0.1) is 22.3 Å². The van der Waals surface area contributed by atoms with Gasteiger partial charge >= 0.3 is 5.97 Å². The molecular formula is C28H33Cl2N5O4. The number of nitrogens with zero attached hydrogens (tertiary/aromatic N) is 5. The number of aromatic nitrogens is 2. The Bertz CT molecular complexity index is 1430. The number of carbonyl (C=O) groups is 1. The zero-order valence-corrected chi connectivity index (χ0v) is 23.7. The average molecular weight is 575 g/mol. The van der Waals surface area contributed by atoms with Gasteiger partial charge in [-0.25, -0.2) is 9.78 Å². The summed E-state index contributed by atoms with van der Waals surface area (Å²) in [5.74, 6) is -0.839. The average Bonchev–Trinajstić information content (AvgIpc) is 3.57. The van der Waals surface area contributed by atoms with Gasteiger partial charge in [-0.15, -0.1) is 0 Å². The molecule has 0 spiro atoms. The quantitative estimate of drug-likeness (QED) is 0.406. The molecule has 11 heteroatoms. The van der Waals surface area contributed by atoms with Crippen molar-refractivity contribution >= 4 is 45.8 Å². The molecule has 0 radical (unpaired) electrons. The van der Waals surface area contributed by atoms with Gasteiger partial charge in [0.1, 0.15) is 17.2 Å². The van der Waals surface area contributed by atoms with Crippen LogP contribution in [0.5, 0.6) is 5.88 Å². The first-order valence-electron chi connectivity index (χ1n) is 13.2. The molecule has 4 heterocycles. The van der Waals surface area contributed by atoms with E-state index in [-0.39, 0.29) is 17.6 Å². The van der Waals surface area contributed by atoms with E-state index in [2.05, 4.69) is 33.8 Å². The minimum absolute atomic E-state index is 0.0458. The Balaban J connectivity index is 1.49. The molecule has 3 aromatic rings. The Hall–Kier alpha value is -2.85. The molecule has 2 atom stereocenters. The lowest BCUT2D eigenvalue weighted by Gasteiger charge is -2.29. The van der Waals surface area contributed by atoms with E-state index >= 15 is 0 Å². The van der Waals surface area contributed by atoms with Crippen LogP contribution in [0.1, 0.15) is 35.7 Å². The van der Waals surface area contributed by atoms with Crippen molar-refractivity contribution in [3.8, 4) is 5.88 Å². The molecule has 2 aliphatic rings. The van der Waals surface area contributed by atoms with Gasteiger partial charge in [-0.2, -0.15) is 0 Å². The summed E-state index contributed by atoms with van der Waals surface area (Å²) in [5.41, 5.74) is 0.748. The van der Waals surface area contributed by atoms with E-state index in [1.807, 2.05) is 10.6 Å². The van der Waals surface area contributed by atoms with Crippen LogP contribution in [0.25, 0.3) is 10.9 Å². The lowest BCUT2D eigenvalue weighted by molar-refractivity contribution is 0.0694. The topological polar surface area (TPSA) is 91.1 Å². The number of fused-ring (bicyclic) bond motifs is 1. The third kappa shape index (κ3) is 5.87. The maximum Gasteiger partial charge on any atom is 0.341 e. The van der Waals surface area contributed by atoms with Crippen LogP contribution in [-0.4, -0.2) is 89.9 Å². The molecule has 208 valence electrons. The fraction of sp³-hybridized carbons (Fsp3) is 0.464. The number of aromatic carboxylic acids is 1. The van der Waals surface area contributed by atoms with E-state index in [0.29, 0.717) is 33.4 Å². The summed E-state index contributed by atoms with van der Waals surface area (Å²) in [6, 6.07) is 7.16. The predicted molar refractivity (Wildman–Crippen MR) is 154 cm³/mol. The third-order valence-corrected chi connectivity index (χ3v) is 8.25. The molecule has 39 heavy (non-hydrogen) atoms. The van der Waals surface area contributed by atoms with E-state index in [4.69, 9.17) is 27.9 Å². The van der Waals surface area contributed by atoms with Gasteiger partial charge in [0.2, 0.25) is 11.3 Å². The van der Waals surface area contributed by atoms with Gasteiger partial charge in [-0.1, -0.05) is 23.2 Å². The summed E-state index contributed by atoms with van der Waals surface area (Å²) in [6.07, 6.45) is 5.90. The highest BCUT2D eigenvalue weighted by molar-refractivity contribution is 6.34. The monoisotopic (exact) mass is 573 g/mol. The zero-order chi connectivity index (χ0) is 27.7. The first-order chi connectivity index (χ1) is 18.7. The fourth-order valence-electron chi connectivity index (χ4n) is 5.60. The van der Waals surface area contributed by atoms with Crippen molar-refractivity contribution in [1.82, 2.24) is 19.4 Å². The number of ether oxygens (including phenoxy) is 1. The number of anilines is 1. The highest BCUT2D eigenvalue weighted by atomic mass is 35.5. The van der Waals surface area contributed by atoms with Gasteiger partial charge < -0.3 is 24.2 Å². The van der Waals surface area contributed by atoms with E-state index in [1.54, 1.807) is 24.4 Å². The van der Waals surface area contributed by atoms with E-state index < -0.39 is 11.4 Å². The Morgan fingerprint density at radius 1 is 1.21 bits per heavy atom. The van der Waals surface area contributed by atoms with Crippen molar-refractivity contribution in [3.63, 3.8) is 0 Å².